The molecule has 3 atom stereocenters. The van der Waals surface area contributed by atoms with Crippen LogP contribution in [0.1, 0.15) is 51.0 Å². The van der Waals surface area contributed by atoms with Crippen molar-refractivity contribution in [2.24, 2.45) is 23.7 Å². The molecule has 4 nitrogen and oxygen atoms in total. The number of hydrogen-bond donors (Lipinski definition) is 0. The summed E-state index contributed by atoms with van der Waals surface area (Å²) in [6, 6.07) is 2.64. The Hall–Kier alpha value is -2.61. The van der Waals surface area contributed by atoms with Crippen molar-refractivity contribution >= 4 is 5.97 Å². The summed E-state index contributed by atoms with van der Waals surface area (Å²) in [5.74, 6) is -5.58. The van der Waals surface area contributed by atoms with E-state index in [0.29, 0.717) is 50.9 Å². The molecule has 0 amide bonds. The van der Waals surface area contributed by atoms with Crippen molar-refractivity contribution in [3.05, 3.63) is 65.0 Å². The molecule has 1 heterocycles. The standard InChI is InChI=1S/C28H32F4O4/c1-3-19(34-2)6-4-5-17-11-14-22(27(32)24(17)29)36-28(33)18-9-7-16(8-10-18)20-12-13-21(23-15-35-23)26(31)25(20)30/h3-4,6,11,14,16,18,20-21,23H,5,7-10,12-13,15H2,1-2H3/b6-4-,19-3+. The third-order valence-corrected chi connectivity index (χ3v) is 7.63. The number of epoxide rings is 1. The van der Waals surface area contributed by atoms with Crippen LogP contribution >= 0.6 is 0 Å². The summed E-state index contributed by atoms with van der Waals surface area (Å²) in [7, 11) is 1.51. The summed E-state index contributed by atoms with van der Waals surface area (Å²) >= 11 is 0. The molecule has 1 aliphatic heterocycles. The third kappa shape index (κ3) is 5.85. The van der Waals surface area contributed by atoms with Crippen LogP contribution in [0.25, 0.3) is 0 Å². The number of hydrogen-bond acceptors (Lipinski definition) is 4. The Bertz CT molecular complexity index is 1050. The van der Waals surface area contributed by atoms with Gasteiger partial charge in [0, 0.05) is 11.8 Å². The molecule has 1 aromatic rings. The minimum absolute atomic E-state index is 0.0523. The van der Waals surface area contributed by atoms with E-state index in [2.05, 4.69) is 0 Å². The van der Waals surface area contributed by atoms with Crippen molar-refractivity contribution in [3.63, 3.8) is 0 Å². The second kappa shape index (κ2) is 11.6. The molecular formula is C28H32F4O4. The Morgan fingerprint density at radius 3 is 2.31 bits per heavy atom. The van der Waals surface area contributed by atoms with Gasteiger partial charge in [-0.15, -0.1) is 0 Å². The van der Waals surface area contributed by atoms with Crippen molar-refractivity contribution in [2.45, 2.75) is 58.0 Å². The maximum Gasteiger partial charge on any atom is 0.314 e. The molecule has 3 aliphatic rings. The van der Waals surface area contributed by atoms with E-state index in [1.807, 2.05) is 0 Å². The second-order valence-electron chi connectivity index (χ2n) is 9.74. The molecule has 1 saturated carbocycles. The van der Waals surface area contributed by atoms with E-state index < -0.39 is 52.8 Å². The number of methoxy groups -OCH3 is 1. The summed E-state index contributed by atoms with van der Waals surface area (Å²) in [6.07, 6.45) is 8.09. The largest absolute Gasteiger partial charge is 0.497 e. The van der Waals surface area contributed by atoms with Gasteiger partial charge in [-0.2, -0.15) is 4.39 Å². The minimum Gasteiger partial charge on any atom is -0.497 e. The average Bonchev–Trinajstić information content (AvgIpc) is 3.73. The number of ether oxygens (including phenoxy) is 3. The Kier molecular flexibility index (Phi) is 8.54. The van der Waals surface area contributed by atoms with Crippen molar-refractivity contribution in [3.8, 4) is 5.75 Å². The molecule has 36 heavy (non-hydrogen) atoms. The lowest BCUT2D eigenvalue weighted by molar-refractivity contribution is -0.140. The molecule has 0 radical (unpaired) electrons. The molecule has 1 aromatic carbocycles. The zero-order valence-corrected chi connectivity index (χ0v) is 20.6. The number of carbonyl (C=O) groups excluding carboxylic acids is 1. The number of allylic oxidation sites excluding steroid dienone is 4. The van der Waals surface area contributed by atoms with Gasteiger partial charge in [-0.05, 0) is 81.6 Å². The Morgan fingerprint density at radius 1 is 1.00 bits per heavy atom. The summed E-state index contributed by atoms with van der Waals surface area (Å²) in [5.41, 5.74) is 0.126. The summed E-state index contributed by atoms with van der Waals surface area (Å²) in [5, 5.41) is 0. The van der Waals surface area contributed by atoms with Crippen LogP contribution in [0.5, 0.6) is 5.75 Å². The highest BCUT2D eigenvalue weighted by Crippen LogP contribution is 2.47. The summed E-state index contributed by atoms with van der Waals surface area (Å²) in [6.45, 7) is 2.28. The number of esters is 1. The van der Waals surface area contributed by atoms with Gasteiger partial charge in [0.25, 0.3) is 0 Å². The molecular weight excluding hydrogens is 476 g/mol. The van der Waals surface area contributed by atoms with Gasteiger partial charge in [-0.25, -0.2) is 13.2 Å². The van der Waals surface area contributed by atoms with Crippen LogP contribution in [0, 0.1) is 35.3 Å². The molecule has 2 fully saturated rings. The molecule has 8 heteroatoms. The smallest absolute Gasteiger partial charge is 0.314 e. The van der Waals surface area contributed by atoms with Gasteiger partial charge >= 0.3 is 5.97 Å². The second-order valence-corrected chi connectivity index (χ2v) is 9.74. The van der Waals surface area contributed by atoms with E-state index in [1.165, 1.54) is 19.2 Å². The van der Waals surface area contributed by atoms with Gasteiger partial charge in [0.2, 0.25) is 5.82 Å². The van der Waals surface area contributed by atoms with Gasteiger partial charge < -0.3 is 14.2 Å². The first-order chi connectivity index (χ1) is 17.3. The van der Waals surface area contributed by atoms with E-state index >= 15 is 0 Å². The van der Waals surface area contributed by atoms with Crippen molar-refractivity contribution in [2.75, 3.05) is 13.7 Å². The van der Waals surface area contributed by atoms with Crippen LogP contribution in [0.2, 0.25) is 0 Å². The molecule has 0 bridgehead atoms. The quantitative estimate of drug-likeness (QED) is 0.0957. The van der Waals surface area contributed by atoms with E-state index in [1.54, 1.807) is 25.2 Å². The fourth-order valence-corrected chi connectivity index (χ4v) is 5.39. The van der Waals surface area contributed by atoms with Crippen LogP contribution in [0.4, 0.5) is 17.6 Å². The first-order valence-corrected chi connectivity index (χ1v) is 12.6. The maximum atomic E-state index is 14.7. The molecule has 196 valence electrons. The zero-order chi connectivity index (χ0) is 25.8. The highest BCUT2D eigenvalue weighted by molar-refractivity contribution is 5.75. The average molecular weight is 509 g/mol. The summed E-state index contributed by atoms with van der Waals surface area (Å²) in [4.78, 5) is 12.7. The van der Waals surface area contributed by atoms with Crippen LogP contribution < -0.4 is 4.74 Å². The van der Waals surface area contributed by atoms with Crippen LogP contribution in [0.3, 0.4) is 0 Å². The lowest BCUT2D eigenvalue weighted by atomic mass is 9.71. The number of halogens is 4. The van der Waals surface area contributed by atoms with Gasteiger partial charge in [0.05, 0.1) is 25.7 Å². The molecule has 0 N–H and O–H groups in total. The Labute approximate surface area is 209 Å². The predicted octanol–water partition coefficient (Wildman–Crippen LogP) is 6.90. The zero-order valence-electron chi connectivity index (χ0n) is 20.6. The molecule has 3 unspecified atom stereocenters. The van der Waals surface area contributed by atoms with Crippen molar-refractivity contribution < 1.29 is 36.6 Å². The van der Waals surface area contributed by atoms with Gasteiger partial charge in [0.15, 0.2) is 11.6 Å². The van der Waals surface area contributed by atoms with Gasteiger partial charge in [-0.1, -0.05) is 12.1 Å². The summed E-state index contributed by atoms with van der Waals surface area (Å²) < 4.78 is 73.8. The lowest BCUT2D eigenvalue weighted by Gasteiger charge is -2.35. The molecule has 2 aliphatic carbocycles. The van der Waals surface area contributed by atoms with Crippen LogP contribution in [-0.4, -0.2) is 25.8 Å². The van der Waals surface area contributed by atoms with Crippen LogP contribution in [-0.2, 0) is 20.7 Å². The number of carbonyl (C=O) groups is 1. The molecule has 0 aromatic heterocycles. The predicted molar refractivity (Wildman–Crippen MR) is 126 cm³/mol. The lowest BCUT2D eigenvalue weighted by Crippen LogP contribution is -2.31. The van der Waals surface area contributed by atoms with Gasteiger partial charge in [0.1, 0.15) is 17.4 Å². The normalized spacial score (nSPS) is 28.9. The highest BCUT2D eigenvalue weighted by atomic mass is 19.2. The molecule has 4 rings (SSSR count). The number of benzene rings is 1. The minimum atomic E-state index is -1.21. The first kappa shape index (κ1) is 26.5. The first-order valence-electron chi connectivity index (χ1n) is 12.6. The van der Waals surface area contributed by atoms with E-state index in [0.717, 1.165) is 0 Å². The number of rotatable bonds is 8. The van der Waals surface area contributed by atoms with Crippen molar-refractivity contribution in [1.82, 2.24) is 0 Å². The van der Waals surface area contributed by atoms with E-state index in [-0.39, 0.29) is 24.0 Å². The fraction of sp³-hybridized carbons (Fsp3) is 0.536. The fourth-order valence-electron chi connectivity index (χ4n) is 5.39. The highest BCUT2D eigenvalue weighted by Gasteiger charge is 2.44. The van der Waals surface area contributed by atoms with Crippen molar-refractivity contribution in [1.29, 1.82) is 0 Å². The SMILES string of the molecule is C/C=C(\C=C/Cc1ccc(OC(=O)C2CCC(C3CCC(C4CO4)C(F)=C3F)CC2)c(F)c1F)OC. The topological polar surface area (TPSA) is 48.1 Å². The molecule has 0 spiro atoms. The monoisotopic (exact) mass is 508 g/mol. The van der Waals surface area contributed by atoms with Gasteiger partial charge in [-0.3, -0.25) is 4.79 Å². The third-order valence-electron chi connectivity index (χ3n) is 7.63. The van der Waals surface area contributed by atoms with E-state index in [4.69, 9.17) is 14.2 Å². The van der Waals surface area contributed by atoms with E-state index in [9.17, 15) is 22.4 Å². The molecule has 1 saturated heterocycles. The Balaban J connectivity index is 1.31. The Morgan fingerprint density at radius 2 is 1.67 bits per heavy atom. The maximum absolute atomic E-state index is 14.7. The van der Waals surface area contributed by atoms with Crippen LogP contribution in [0.15, 0.2) is 47.8 Å².